The van der Waals surface area contributed by atoms with Crippen molar-refractivity contribution >= 4 is 40.1 Å². The molecule has 0 bridgehead atoms. The second-order valence-corrected chi connectivity index (χ2v) is 10.5. The standard InChI is InChI=1S/C28H23Cl2F2N3O7/c29-19-11-34(39)12-20(30)18(19)10-23(16-7-8-22(42-27(31)32)24(9-16)40-14-15-5-6-15)41-25(36)13-35-21-4-2-1-3-17(21)26(37)33-28(35)38/h1-4,7-9,11-12,15,23,27H,5-6,10,13-14H2,(H,33,37,38)/t23-/m0/s1. The fourth-order valence-electron chi connectivity index (χ4n) is 4.39. The highest BCUT2D eigenvalue weighted by atomic mass is 35.5. The van der Waals surface area contributed by atoms with E-state index in [-0.39, 0.29) is 51.0 Å². The zero-order valence-corrected chi connectivity index (χ0v) is 23.2. The molecule has 0 radical (unpaired) electrons. The van der Waals surface area contributed by atoms with Crippen molar-refractivity contribution in [3.8, 4) is 11.5 Å². The molecule has 1 fully saturated rings. The van der Waals surface area contributed by atoms with Gasteiger partial charge in [0, 0.05) is 12.0 Å². The number of alkyl halides is 2. The summed E-state index contributed by atoms with van der Waals surface area (Å²) in [6, 6.07) is 10.3. The summed E-state index contributed by atoms with van der Waals surface area (Å²) in [5, 5.41) is 12.0. The van der Waals surface area contributed by atoms with Gasteiger partial charge in [-0.05, 0) is 48.6 Å². The number of pyridine rings is 1. The lowest BCUT2D eigenvalue weighted by atomic mass is 10.0. The van der Waals surface area contributed by atoms with E-state index in [1.165, 1.54) is 30.3 Å². The summed E-state index contributed by atoms with van der Waals surface area (Å²) in [4.78, 5) is 40.3. The van der Waals surface area contributed by atoms with Crippen molar-refractivity contribution in [2.24, 2.45) is 5.92 Å². The third-order valence-corrected chi connectivity index (χ3v) is 7.29. The number of hydrogen-bond acceptors (Lipinski definition) is 7. The topological polar surface area (TPSA) is 127 Å². The smallest absolute Gasteiger partial charge is 0.387 e. The van der Waals surface area contributed by atoms with E-state index in [1.54, 1.807) is 12.1 Å². The monoisotopic (exact) mass is 621 g/mol. The predicted molar refractivity (Wildman–Crippen MR) is 148 cm³/mol. The van der Waals surface area contributed by atoms with Gasteiger partial charge in [0.1, 0.15) is 22.7 Å². The van der Waals surface area contributed by atoms with Gasteiger partial charge < -0.3 is 19.4 Å². The van der Waals surface area contributed by atoms with Gasteiger partial charge in [0.15, 0.2) is 23.9 Å². The Kier molecular flexibility index (Phi) is 8.64. The normalized spacial score (nSPS) is 13.7. The highest BCUT2D eigenvalue weighted by molar-refractivity contribution is 6.35. The van der Waals surface area contributed by atoms with E-state index in [9.17, 15) is 28.4 Å². The summed E-state index contributed by atoms with van der Waals surface area (Å²) < 4.78 is 43.8. The zero-order valence-electron chi connectivity index (χ0n) is 21.7. The van der Waals surface area contributed by atoms with Gasteiger partial charge in [0.2, 0.25) is 0 Å². The van der Waals surface area contributed by atoms with E-state index in [0.717, 1.165) is 29.8 Å². The Morgan fingerprint density at radius 3 is 2.50 bits per heavy atom. The van der Waals surface area contributed by atoms with Crippen LogP contribution in [0.1, 0.15) is 30.1 Å². The van der Waals surface area contributed by atoms with Gasteiger partial charge >= 0.3 is 18.3 Å². The highest BCUT2D eigenvalue weighted by Crippen LogP contribution is 2.37. The summed E-state index contributed by atoms with van der Waals surface area (Å²) in [5.41, 5.74) is -0.598. The number of aromatic nitrogens is 3. The molecule has 5 rings (SSSR count). The van der Waals surface area contributed by atoms with E-state index in [2.05, 4.69) is 9.72 Å². The minimum absolute atomic E-state index is 0.00394. The molecule has 1 atom stereocenters. The van der Waals surface area contributed by atoms with Crippen LogP contribution in [0.2, 0.25) is 10.0 Å². The number of halogens is 4. The average molecular weight is 622 g/mol. The Hall–Kier alpha value is -4.16. The van der Waals surface area contributed by atoms with Crippen LogP contribution in [0, 0.1) is 11.1 Å². The fourth-order valence-corrected chi connectivity index (χ4v) is 4.98. The molecule has 14 heteroatoms. The maximum Gasteiger partial charge on any atom is 0.387 e. The van der Waals surface area contributed by atoms with Gasteiger partial charge in [0.25, 0.3) is 5.56 Å². The number of rotatable bonds is 11. The summed E-state index contributed by atoms with van der Waals surface area (Å²) >= 11 is 12.6. The molecule has 10 nitrogen and oxygen atoms in total. The first-order chi connectivity index (χ1) is 20.1. The number of aromatic amines is 1. The minimum atomic E-state index is -3.10. The first kappa shape index (κ1) is 29.3. The Morgan fingerprint density at radius 2 is 1.81 bits per heavy atom. The molecular weight excluding hydrogens is 599 g/mol. The number of hydrogen-bond donors (Lipinski definition) is 1. The van der Waals surface area contributed by atoms with Crippen LogP contribution in [0.3, 0.4) is 0 Å². The van der Waals surface area contributed by atoms with Crippen LogP contribution in [0.4, 0.5) is 8.78 Å². The predicted octanol–water partition coefficient (Wildman–Crippen LogP) is 4.55. The second kappa shape index (κ2) is 12.4. The lowest BCUT2D eigenvalue weighted by Gasteiger charge is -2.22. The van der Waals surface area contributed by atoms with E-state index in [4.69, 9.17) is 32.7 Å². The molecule has 2 heterocycles. The number of fused-ring (bicyclic) bond motifs is 1. The Morgan fingerprint density at radius 1 is 1.10 bits per heavy atom. The van der Waals surface area contributed by atoms with E-state index in [0.29, 0.717) is 16.2 Å². The molecule has 1 N–H and O–H groups in total. The zero-order chi connectivity index (χ0) is 30.0. The summed E-state index contributed by atoms with van der Waals surface area (Å²) in [7, 11) is 0. The number of carbonyl (C=O) groups excluding carboxylic acids is 1. The molecule has 220 valence electrons. The van der Waals surface area contributed by atoms with Gasteiger partial charge in [-0.3, -0.25) is 19.1 Å². The second-order valence-electron chi connectivity index (χ2n) is 9.68. The molecule has 0 saturated heterocycles. The first-order valence-electron chi connectivity index (χ1n) is 12.8. The van der Waals surface area contributed by atoms with E-state index >= 15 is 0 Å². The molecule has 1 aliphatic carbocycles. The molecule has 1 saturated carbocycles. The maximum atomic E-state index is 13.3. The van der Waals surface area contributed by atoms with Gasteiger partial charge in [-0.15, -0.1) is 0 Å². The molecule has 4 aromatic rings. The van der Waals surface area contributed by atoms with Gasteiger partial charge in [-0.25, -0.2) is 4.79 Å². The highest BCUT2D eigenvalue weighted by Gasteiger charge is 2.27. The van der Waals surface area contributed by atoms with E-state index < -0.39 is 36.5 Å². The van der Waals surface area contributed by atoms with Crippen molar-refractivity contribution in [1.29, 1.82) is 0 Å². The van der Waals surface area contributed by atoms with Crippen LogP contribution in [0.5, 0.6) is 11.5 Å². The van der Waals surface area contributed by atoms with Gasteiger partial charge in [-0.2, -0.15) is 13.5 Å². The lowest BCUT2D eigenvalue weighted by molar-refractivity contribution is -0.605. The number of nitrogens with one attached hydrogen (secondary N) is 1. The van der Waals surface area contributed by atoms with E-state index in [1.807, 2.05) is 0 Å². The largest absolute Gasteiger partial charge is 0.619 e. The van der Waals surface area contributed by atoms with Crippen molar-refractivity contribution in [3.05, 3.63) is 102 Å². The lowest BCUT2D eigenvalue weighted by Crippen LogP contribution is -2.33. The van der Waals surface area contributed by atoms with Crippen molar-refractivity contribution in [2.75, 3.05) is 6.61 Å². The molecule has 0 spiro atoms. The van der Waals surface area contributed by atoms with Crippen molar-refractivity contribution in [1.82, 2.24) is 9.55 Å². The van der Waals surface area contributed by atoms with Crippen LogP contribution in [-0.4, -0.2) is 28.7 Å². The van der Waals surface area contributed by atoms with Crippen LogP contribution in [0.25, 0.3) is 10.9 Å². The molecule has 42 heavy (non-hydrogen) atoms. The van der Waals surface area contributed by atoms with Gasteiger partial charge in [0.05, 0.1) is 17.5 Å². The molecule has 1 aliphatic rings. The molecular formula is C28H23Cl2F2N3O7. The molecule has 0 aliphatic heterocycles. The van der Waals surface area contributed by atoms with Crippen LogP contribution in [-0.2, 0) is 22.5 Å². The first-order valence-corrected chi connectivity index (χ1v) is 13.5. The van der Waals surface area contributed by atoms with Gasteiger partial charge in [-0.1, -0.05) is 41.4 Å². The fraction of sp³-hybridized carbons (Fsp3) is 0.286. The SMILES string of the molecule is O=C(Cn1c(=O)[nH]c(=O)c2ccccc21)O[C@@H](Cc1c(Cl)c[n+]([O-])cc1Cl)c1ccc(OC(F)F)c(OCC2CC2)c1. The third-order valence-electron chi connectivity index (χ3n) is 6.64. The Bertz CT molecular complexity index is 1740. The maximum absolute atomic E-state index is 13.3. The third kappa shape index (κ3) is 6.82. The Labute approximate surface area is 246 Å². The number of benzene rings is 2. The summed E-state index contributed by atoms with van der Waals surface area (Å²) in [6.45, 7) is -3.38. The van der Waals surface area contributed by atoms with Crippen molar-refractivity contribution in [2.45, 2.75) is 38.5 Å². The number of ether oxygens (including phenoxy) is 3. The molecule has 0 amide bonds. The molecule has 0 unspecified atom stereocenters. The van der Waals surface area contributed by atoms with Crippen LogP contribution >= 0.6 is 23.2 Å². The van der Waals surface area contributed by atoms with Crippen LogP contribution < -0.4 is 25.5 Å². The Balaban J connectivity index is 1.50. The quantitative estimate of drug-likeness (QED) is 0.148. The van der Waals surface area contributed by atoms with Crippen LogP contribution in [0.15, 0.2) is 64.4 Å². The molecule has 2 aromatic heterocycles. The number of nitrogens with zero attached hydrogens (tertiary/aromatic N) is 2. The molecule has 2 aromatic carbocycles. The minimum Gasteiger partial charge on any atom is -0.619 e. The number of carbonyl (C=O) groups is 1. The summed E-state index contributed by atoms with van der Waals surface area (Å²) in [6.07, 6.45) is 2.82. The van der Waals surface area contributed by atoms with Crippen molar-refractivity contribution < 1.29 is 32.5 Å². The number of H-pyrrole nitrogens is 1. The summed E-state index contributed by atoms with van der Waals surface area (Å²) in [5.74, 6) is -0.747. The van der Waals surface area contributed by atoms with Crippen molar-refractivity contribution in [3.63, 3.8) is 0 Å². The number of esters is 1. The average Bonchev–Trinajstić information content (AvgIpc) is 3.76. The number of para-hydroxylation sites is 1.